The lowest BCUT2D eigenvalue weighted by Gasteiger charge is -2.18. The van der Waals surface area contributed by atoms with Crippen LogP contribution in [-0.4, -0.2) is 14.0 Å². The number of hydrogen-bond acceptors (Lipinski definition) is 3. The van der Waals surface area contributed by atoms with Gasteiger partial charge in [0, 0.05) is 15.1 Å². The highest BCUT2D eigenvalue weighted by Gasteiger charge is 2.10. The largest absolute Gasteiger partial charge is 0.769 e. The van der Waals surface area contributed by atoms with Crippen molar-refractivity contribution in [3.05, 3.63) is 22.0 Å². The van der Waals surface area contributed by atoms with Crippen molar-refractivity contribution >= 4 is 22.8 Å². The quantitative estimate of drug-likeness (QED) is 0.682. The number of rotatable bonds is 3. The van der Waals surface area contributed by atoms with Crippen LogP contribution < -0.4 is 0 Å². The minimum Gasteiger partial charge on any atom is -0.769 e. The molecule has 0 aromatic heterocycles. The van der Waals surface area contributed by atoms with Crippen LogP contribution in [0.3, 0.4) is 0 Å². The smallest absolute Gasteiger partial charge is 0.0181 e. The summed E-state index contributed by atoms with van der Waals surface area (Å²) < 4.78 is 21.7. The van der Waals surface area contributed by atoms with Crippen molar-refractivity contribution in [2.75, 3.05) is 0 Å². The summed E-state index contributed by atoms with van der Waals surface area (Å²) >= 11 is -0.429. The van der Waals surface area contributed by atoms with Crippen molar-refractivity contribution in [2.45, 2.75) is 31.9 Å². The average Bonchev–Trinajstić information content (AvgIpc) is 2.03. The third-order valence-electron chi connectivity index (χ3n) is 1.65. The zero-order chi connectivity index (χ0) is 9.84. The van der Waals surface area contributed by atoms with Gasteiger partial charge in [-0.05, 0) is 23.9 Å². The molecular weight excluding hydrogens is 204 g/mol. The van der Waals surface area contributed by atoms with E-state index >= 15 is 0 Å². The maximum absolute atomic E-state index is 10.8. The first-order valence-electron chi connectivity index (χ1n) is 4.27. The van der Waals surface area contributed by atoms with Crippen LogP contribution in [0, 0.1) is 0 Å². The molecule has 1 aliphatic rings. The van der Waals surface area contributed by atoms with Gasteiger partial charge in [-0.3, -0.25) is 4.21 Å². The van der Waals surface area contributed by atoms with Gasteiger partial charge in [-0.25, -0.2) is 0 Å². The highest BCUT2D eigenvalue weighted by atomic mass is 32.2. The third kappa shape index (κ3) is 3.29. The summed E-state index contributed by atoms with van der Waals surface area (Å²) in [7, 11) is 0. The van der Waals surface area contributed by atoms with Crippen LogP contribution in [-0.2, 0) is 11.1 Å². The van der Waals surface area contributed by atoms with Gasteiger partial charge in [-0.2, -0.15) is 0 Å². The van der Waals surface area contributed by atoms with Crippen molar-refractivity contribution in [1.29, 1.82) is 0 Å². The van der Waals surface area contributed by atoms with Crippen molar-refractivity contribution in [2.24, 2.45) is 0 Å². The fraction of sp³-hybridized carbons (Fsp3) is 0.556. The molecule has 0 aliphatic heterocycles. The van der Waals surface area contributed by atoms with Gasteiger partial charge in [0.1, 0.15) is 0 Å². The Balaban J connectivity index is 2.84. The zero-order valence-electron chi connectivity index (χ0n) is 7.78. The van der Waals surface area contributed by atoms with Crippen LogP contribution in [0.2, 0.25) is 0 Å². The second-order valence-corrected chi connectivity index (χ2v) is 5.71. The Morgan fingerprint density at radius 3 is 2.85 bits per heavy atom. The van der Waals surface area contributed by atoms with Crippen molar-refractivity contribution < 1.29 is 8.76 Å². The summed E-state index contributed by atoms with van der Waals surface area (Å²) in [6, 6.07) is 0. The van der Waals surface area contributed by atoms with Crippen molar-refractivity contribution in [3.8, 4) is 0 Å². The first-order valence-corrected chi connectivity index (χ1v) is 6.22. The lowest BCUT2D eigenvalue weighted by atomic mass is 10.2. The molecule has 1 atom stereocenters. The molecule has 0 heterocycles. The standard InChI is InChI=1S/C9H14O2S2/c1-7(2)12-8-5-3-4-6-9(8)13(10)11/h3,5,7H,4,6H2,1-2H3,(H,10,11)/p-1. The first-order chi connectivity index (χ1) is 6.11. The molecule has 13 heavy (non-hydrogen) atoms. The van der Waals surface area contributed by atoms with Gasteiger partial charge in [-0.1, -0.05) is 26.0 Å². The molecule has 1 unspecified atom stereocenters. The van der Waals surface area contributed by atoms with E-state index in [4.69, 9.17) is 0 Å². The number of allylic oxidation sites excluding steroid dienone is 3. The van der Waals surface area contributed by atoms with Crippen LogP contribution in [0.4, 0.5) is 0 Å². The van der Waals surface area contributed by atoms with E-state index in [0.29, 0.717) is 16.6 Å². The van der Waals surface area contributed by atoms with E-state index in [0.717, 1.165) is 11.3 Å². The predicted octanol–water partition coefficient (Wildman–Crippen LogP) is 2.57. The fourth-order valence-corrected chi connectivity index (χ4v) is 2.93. The van der Waals surface area contributed by atoms with E-state index in [9.17, 15) is 8.76 Å². The van der Waals surface area contributed by atoms with Gasteiger partial charge in [-0.15, -0.1) is 11.8 Å². The average molecular weight is 217 g/mol. The van der Waals surface area contributed by atoms with Crippen LogP contribution in [0.5, 0.6) is 0 Å². The predicted molar refractivity (Wildman–Crippen MR) is 57.0 cm³/mol. The summed E-state index contributed by atoms with van der Waals surface area (Å²) in [6.45, 7) is 4.12. The van der Waals surface area contributed by atoms with Gasteiger partial charge >= 0.3 is 0 Å². The summed E-state index contributed by atoms with van der Waals surface area (Å²) in [6.07, 6.45) is 5.44. The molecule has 0 amide bonds. The number of thioether (sulfide) groups is 1. The summed E-state index contributed by atoms with van der Waals surface area (Å²) in [5.74, 6) is 0. The van der Waals surface area contributed by atoms with Gasteiger partial charge in [0.2, 0.25) is 0 Å². The summed E-state index contributed by atoms with van der Waals surface area (Å²) in [5, 5.41) is 0.427. The molecule has 0 radical (unpaired) electrons. The Kier molecular flexibility index (Phi) is 4.22. The third-order valence-corrected chi connectivity index (χ3v) is 3.71. The monoisotopic (exact) mass is 217 g/mol. The summed E-state index contributed by atoms with van der Waals surface area (Å²) in [5.41, 5.74) is 0. The minimum atomic E-state index is -2.04. The first kappa shape index (κ1) is 11.0. The Morgan fingerprint density at radius 1 is 1.62 bits per heavy atom. The highest BCUT2D eigenvalue weighted by molar-refractivity contribution is 8.04. The molecule has 1 aliphatic carbocycles. The molecule has 2 nitrogen and oxygen atoms in total. The molecule has 0 N–H and O–H groups in total. The molecule has 0 bridgehead atoms. The lowest BCUT2D eigenvalue weighted by Crippen LogP contribution is -2.01. The SMILES string of the molecule is CC(C)SC1=C(S(=O)[O-])CCC=C1. The molecule has 74 valence electrons. The molecule has 4 heteroatoms. The van der Waals surface area contributed by atoms with Crippen LogP contribution >= 0.6 is 11.8 Å². The zero-order valence-corrected chi connectivity index (χ0v) is 9.41. The molecule has 0 fully saturated rings. The van der Waals surface area contributed by atoms with Crippen molar-refractivity contribution in [1.82, 2.24) is 0 Å². The molecule has 1 rings (SSSR count). The lowest BCUT2D eigenvalue weighted by molar-refractivity contribution is 0.541. The summed E-state index contributed by atoms with van der Waals surface area (Å²) in [4.78, 5) is 1.48. The Labute approximate surface area is 85.8 Å². The molecule has 0 saturated heterocycles. The maximum atomic E-state index is 10.8. The van der Waals surface area contributed by atoms with Gasteiger partial charge in [0.05, 0.1) is 0 Å². The van der Waals surface area contributed by atoms with Gasteiger partial charge < -0.3 is 4.55 Å². The second kappa shape index (κ2) is 4.98. The van der Waals surface area contributed by atoms with E-state index in [1.807, 2.05) is 12.2 Å². The topological polar surface area (TPSA) is 40.1 Å². The second-order valence-electron chi connectivity index (χ2n) is 3.13. The normalized spacial score (nSPS) is 19.7. The van der Waals surface area contributed by atoms with E-state index in [1.54, 1.807) is 11.8 Å². The van der Waals surface area contributed by atoms with E-state index in [2.05, 4.69) is 13.8 Å². The van der Waals surface area contributed by atoms with Crippen LogP contribution in [0.15, 0.2) is 22.0 Å². The van der Waals surface area contributed by atoms with Gasteiger partial charge in [0.15, 0.2) is 0 Å². The van der Waals surface area contributed by atoms with E-state index < -0.39 is 11.1 Å². The van der Waals surface area contributed by atoms with Gasteiger partial charge in [0.25, 0.3) is 0 Å². The number of hydrogen-bond donors (Lipinski definition) is 0. The van der Waals surface area contributed by atoms with E-state index in [-0.39, 0.29) is 0 Å². The molecular formula is C9H13O2S2-. The van der Waals surface area contributed by atoms with Crippen LogP contribution in [0.1, 0.15) is 26.7 Å². The highest BCUT2D eigenvalue weighted by Crippen LogP contribution is 2.32. The van der Waals surface area contributed by atoms with E-state index in [1.165, 1.54) is 0 Å². The molecule has 0 aromatic carbocycles. The Bertz CT molecular complexity index is 267. The van der Waals surface area contributed by atoms with Crippen LogP contribution in [0.25, 0.3) is 0 Å². The molecule has 0 saturated carbocycles. The molecule has 0 spiro atoms. The fourth-order valence-electron chi connectivity index (χ4n) is 1.15. The molecule has 0 aromatic rings. The maximum Gasteiger partial charge on any atom is 0.0181 e. The minimum absolute atomic E-state index is 0.427. The Hall–Kier alpha value is -0.0600. The Morgan fingerprint density at radius 2 is 2.31 bits per heavy atom. The van der Waals surface area contributed by atoms with Crippen molar-refractivity contribution in [3.63, 3.8) is 0 Å².